The summed E-state index contributed by atoms with van der Waals surface area (Å²) in [6.45, 7) is 6.22. The lowest BCUT2D eigenvalue weighted by molar-refractivity contribution is -0.173. The van der Waals surface area contributed by atoms with Crippen LogP contribution >= 0.6 is 0 Å². The number of aliphatic hydroxyl groups is 1. The maximum absolute atomic E-state index is 13.4. The molecule has 0 bridgehead atoms. The Morgan fingerprint density at radius 3 is 2.54 bits per heavy atom. The van der Waals surface area contributed by atoms with Gasteiger partial charge in [-0.25, -0.2) is 4.79 Å². The number of methoxy groups -OCH3 is 1. The minimum Gasteiger partial charge on any atom is -0.493 e. The summed E-state index contributed by atoms with van der Waals surface area (Å²) in [7, 11) is 3.47. The number of carbonyl (C=O) groups excluding carboxylic acids is 3. The van der Waals surface area contributed by atoms with E-state index in [2.05, 4.69) is 4.90 Å². The quantitative estimate of drug-likeness (QED) is 0.276. The lowest BCUT2D eigenvalue weighted by Crippen LogP contribution is -2.69. The summed E-state index contributed by atoms with van der Waals surface area (Å²) in [5.74, 6) is -3.01. The SMILES string of the molecule is CCOC(=O)C[C@H](OC(=O)CCC(=O)O)C(=O)OC1=CC[C@@]2(O)[C@H](N(C)CC)Cc3ccc(OC)c4c3[C@@]2(C)[C@H]1O4. The molecule has 0 amide bonds. The molecule has 2 aliphatic carbocycles. The average Bonchev–Trinajstić information content (AvgIpc) is 3.26. The van der Waals surface area contributed by atoms with Gasteiger partial charge in [-0.15, -0.1) is 0 Å². The van der Waals surface area contributed by atoms with Crippen molar-refractivity contribution in [2.24, 2.45) is 0 Å². The van der Waals surface area contributed by atoms with E-state index in [1.807, 2.05) is 33.0 Å². The minimum absolute atomic E-state index is 0.0430. The van der Waals surface area contributed by atoms with E-state index >= 15 is 0 Å². The fraction of sp³-hybridized carbons (Fsp3) is 0.586. The summed E-state index contributed by atoms with van der Waals surface area (Å²) in [5, 5.41) is 21.2. The second-order valence-electron chi connectivity index (χ2n) is 10.7. The Balaban J connectivity index is 1.68. The molecular weight excluding hydrogens is 538 g/mol. The van der Waals surface area contributed by atoms with Gasteiger partial charge in [0.25, 0.3) is 0 Å². The summed E-state index contributed by atoms with van der Waals surface area (Å²) in [6, 6.07) is 3.50. The molecule has 1 heterocycles. The van der Waals surface area contributed by atoms with E-state index in [4.69, 9.17) is 28.8 Å². The molecule has 1 aromatic rings. The van der Waals surface area contributed by atoms with Crippen molar-refractivity contribution >= 4 is 23.9 Å². The van der Waals surface area contributed by atoms with E-state index in [0.717, 1.165) is 11.1 Å². The van der Waals surface area contributed by atoms with E-state index in [0.29, 0.717) is 24.5 Å². The second kappa shape index (κ2) is 11.7. The first-order valence-electron chi connectivity index (χ1n) is 13.7. The van der Waals surface area contributed by atoms with Crippen molar-refractivity contribution in [3.05, 3.63) is 35.1 Å². The van der Waals surface area contributed by atoms with Crippen LogP contribution in [-0.4, -0.2) is 90.2 Å². The predicted octanol–water partition coefficient (Wildman–Crippen LogP) is 1.88. The molecule has 0 radical (unpaired) electrons. The Bertz CT molecular complexity index is 1260. The van der Waals surface area contributed by atoms with Crippen molar-refractivity contribution in [1.82, 2.24) is 4.90 Å². The molecule has 224 valence electrons. The molecule has 0 spiro atoms. The number of ether oxygens (including phenoxy) is 5. The largest absolute Gasteiger partial charge is 0.493 e. The van der Waals surface area contributed by atoms with Crippen molar-refractivity contribution in [3.8, 4) is 11.5 Å². The fourth-order valence-electron chi connectivity index (χ4n) is 6.20. The van der Waals surface area contributed by atoms with Gasteiger partial charge < -0.3 is 38.8 Å². The van der Waals surface area contributed by atoms with Crippen LogP contribution in [0.3, 0.4) is 0 Å². The first kappa shape index (κ1) is 30.3. The maximum Gasteiger partial charge on any atom is 0.353 e. The first-order valence-corrected chi connectivity index (χ1v) is 13.7. The lowest BCUT2D eigenvalue weighted by Gasteiger charge is -2.56. The third-order valence-corrected chi connectivity index (χ3v) is 8.43. The van der Waals surface area contributed by atoms with Gasteiger partial charge in [-0.2, -0.15) is 0 Å². The van der Waals surface area contributed by atoms with Gasteiger partial charge in [0, 0.05) is 18.0 Å². The van der Waals surface area contributed by atoms with Crippen molar-refractivity contribution < 1.29 is 53.1 Å². The van der Waals surface area contributed by atoms with Gasteiger partial charge in [-0.3, -0.25) is 14.4 Å². The van der Waals surface area contributed by atoms with Crippen LogP contribution in [0.2, 0.25) is 0 Å². The van der Waals surface area contributed by atoms with Crippen LogP contribution in [0, 0.1) is 0 Å². The zero-order valence-electron chi connectivity index (χ0n) is 23.9. The first-order chi connectivity index (χ1) is 19.4. The number of rotatable bonds is 12. The molecule has 0 saturated heterocycles. The van der Waals surface area contributed by atoms with E-state index < -0.39 is 66.4 Å². The summed E-state index contributed by atoms with van der Waals surface area (Å²) in [4.78, 5) is 50.8. The van der Waals surface area contributed by atoms with Crippen LogP contribution in [0.15, 0.2) is 24.0 Å². The molecule has 12 heteroatoms. The number of aliphatic carboxylic acids is 1. The van der Waals surface area contributed by atoms with Crippen LogP contribution in [0.5, 0.6) is 11.5 Å². The molecule has 0 aromatic heterocycles. The smallest absolute Gasteiger partial charge is 0.353 e. The number of nitrogens with zero attached hydrogens (tertiary/aromatic N) is 1. The van der Waals surface area contributed by atoms with Gasteiger partial charge in [0.15, 0.2) is 17.6 Å². The summed E-state index contributed by atoms with van der Waals surface area (Å²) in [5.41, 5.74) is -0.565. The molecule has 1 aromatic carbocycles. The fourth-order valence-corrected chi connectivity index (χ4v) is 6.20. The molecule has 3 aliphatic rings. The normalized spacial score (nSPS) is 26.3. The Labute approximate surface area is 238 Å². The molecule has 0 fully saturated rings. The van der Waals surface area contributed by atoms with Crippen LogP contribution in [0.1, 0.15) is 57.6 Å². The Morgan fingerprint density at radius 2 is 1.90 bits per heavy atom. The van der Waals surface area contributed by atoms with Gasteiger partial charge in [-0.1, -0.05) is 13.0 Å². The highest BCUT2D eigenvalue weighted by Crippen LogP contribution is 2.62. The molecular formula is C29H37NO11. The number of benzene rings is 1. The Kier molecular flexibility index (Phi) is 8.65. The van der Waals surface area contributed by atoms with E-state index in [1.165, 1.54) is 7.11 Å². The van der Waals surface area contributed by atoms with Gasteiger partial charge in [0.1, 0.15) is 5.76 Å². The third kappa shape index (κ3) is 5.26. The van der Waals surface area contributed by atoms with E-state index in [1.54, 1.807) is 13.0 Å². The van der Waals surface area contributed by atoms with E-state index in [9.17, 15) is 24.3 Å². The van der Waals surface area contributed by atoms with Crippen LogP contribution < -0.4 is 9.47 Å². The highest BCUT2D eigenvalue weighted by molar-refractivity contribution is 5.86. The van der Waals surface area contributed by atoms with Crippen LogP contribution in [0.4, 0.5) is 0 Å². The Morgan fingerprint density at radius 1 is 1.17 bits per heavy atom. The zero-order valence-corrected chi connectivity index (χ0v) is 23.9. The minimum atomic E-state index is -1.68. The highest BCUT2D eigenvalue weighted by Gasteiger charge is 2.68. The molecule has 12 nitrogen and oxygen atoms in total. The number of carboxylic acid groups (broad SMARTS) is 1. The van der Waals surface area contributed by atoms with Crippen LogP contribution in [0.25, 0.3) is 0 Å². The number of likely N-dealkylation sites (N-methyl/N-ethyl adjacent to an activating group) is 1. The van der Waals surface area contributed by atoms with Gasteiger partial charge in [0.2, 0.25) is 6.10 Å². The number of carbonyl (C=O) groups is 4. The highest BCUT2D eigenvalue weighted by atomic mass is 16.6. The number of hydrogen-bond acceptors (Lipinski definition) is 11. The van der Waals surface area contributed by atoms with E-state index in [-0.39, 0.29) is 24.8 Å². The van der Waals surface area contributed by atoms with Crippen LogP contribution in [-0.2, 0) is 45.2 Å². The van der Waals surface area contributed by atoms with Gasteiger partial charge in [-0.05, 0) is 51.6 Å². The van der Waals surface area contributed by atoms with Crippen molar-refractivity contribution in [3.63, 3.8) is 0 Å². The standard InChI is InChI=1S/C29H37NO11/c1-6-30(4)20-14-16-8-9-17(37-5)25-24(16)28(3)26(41-25)18(12-13-29(20,28)36)40-27(35)19(15-23(34)38-7-2)39-22(33)11-10-21(31)32/h8-9,12,19-20,26,36H,6-7,10-11,13-15H2,1-5H3,(H,31,32)/t19-,20+,26-,28-,29+/m0/s1. The summed E-state index contributed by atoms with van der Waals surface area (Å²) in [6.07, 6.45) is -1.92. The van der Waals surface area contributed by atoms with Gasteiger partial charge in [0.05, 0.1) is 44.0 Å². The molecule has 4 rings (SSSR count). The summed E-state index contributed by atoms with van der Waals surface area (Å²) < 4.78 is 27.8. The lowest BCUT2D eigenvalue weighted by atomic mass is 9.54. The number of carboxylic acids is 1. The maximum atomic E-state index is 13.4. The van der Waals surface area contributed by atoms with Crippen molar-refractivity contribution in [1.29, 1.82) is 0 Å². The summed E-state index contributed by atoms with van der Waals surface area (Å²) >= 11 is 0. The molecule has 0 saturated carbocycles. The zero-order chi connectivity index (χ0) is 30.1. The molecule has 0 unspecified atom stereocenters. The predicted molar refractivity (Wildman–Crippen MR) is 142 cm³/mol. The molecule has 41 heavy (non-hydrogen) atoms. The topological polar surface area (TPSA) is 158 Å². The second-order valence-corrected chi connectivity index (χ2v) is 10.7. The molecule has 2 N–H and O–H groups in total. The van der Waals surface area contributed by atoms with Gasteiger partial charge >= 0.3 is 23.9 Å². The molecule has 1 aliphatic heterocycles. The van der Waals surface area contributed by atoms with Crippen molar-refractivity contribution in [2.75, 3.05) is 27.3 Å². The average molecular weight is 576 g/mol. The third-order valence-electron chi connectivity index (χ3n) is 8.43. The monoisotopic (exact) mass is 575 g/mol. The Hall–Kier alpha value is -3.64. The molecule has 5 atom stereocenters. The number of hydrogen-bond donors (Lipinski definition) is 2. The van der Waals surface area contributed by atoms with Crippen molar-refractivity contribution in [2.45, 2.75) is 82.1 Å². The number of esters is 3.